The van der Waals surface area contributed by atoms with Gasteiger partial charge in [-0.25, -0.2) is 14.0 Å². The minimum Gasteiger partial charge on any atom is -0.507 e. The molecule has 8 aromatic rings. The van der Waals surface area contributed by atoms with Gasteiger partial charge in [-0.1, -0.05) is 83.9 Å². The molecule has 0 spiro atoms. The molecule has 0 saturated heterocycles. The van der Waals surface area contributed by atoms with E-state index in [0.717, 1.165) is 55.2 Å². The van der Waals surface area contributed by atoms with Gasteiger partial charge in [-0.05, 0) is 136 Å². The second kappa shape index (κ2) is 23.0. The van der Waals surface area contributed by atoms with E-state index in [2.05, 4.69) is 41.8 Å². The van der Waals surface area contributed by atoms with Crippen molar-refractivity contribution in [3.05, 3.63) is 150 Å². The Morgan fingerprint density at radius 2 is 1.18 bits per heavy atom. The number of phenols is 1. The molecular formula is C49H45Br2Cl2FN2O9S. The van der Waals surface area contributed by atoms with Gasteiger partial charge in [0.25, 0.3) is 10.1 Å². The Bertz CT molecular complexity index is 3140. The first-order valence-corrected chi connectivity index (χ1v) is 24.9. The number of fused-ring (bicyclic) bond motifs is 4. The summed E-state index contributed by atoms with van der Waals surface area (Å²) in [7, 11) is -3.48. The number of hydrogen-bond acceptors (Lipinski definition) is 9. The van der Waals surface area contributed by atoms with Gasteiger partial charge in [0.05, 0.1) is 62.7 Å². The summed E-state index contributed by atoms with van der Waals surface area (Å²) >= 11 is 19.2. The molecule has 6 aromatic carbocycles. The normalized spacial score (nSPS) is 11.3. The van der Waals surface area contributed by atoms with Crippen LogP contribution in [0.3, 0.4) is 0 Å². The maximum Gasteiger partial charge on any atom is 0.355 e. The number of phenolic OH excluding ortho intramolecular Hbond substituents is 1. The molecule has 3 N–H and O–H groups in total. The van der Waals surface area contributed by atoms with Gasteiger partial charge in [0.15, 0.2) is 0 Å². The lowest BCUT2D eigenvalue weighted by atomic mass is 10.1. The molecule has 0 fully saturated rings. The van der Waals surface area contributed by atoms with E-state index in [1.54, 1.807) is 38.1 Å². The van der Waals surface area contributed by atoms with E-state index in [9.17, 15) is 27.5 Å². The molecule has 8 rings (SSSR count). The van der Waals surface area contributed by atoms with Gasteiger partial charge in [0.1, 0.15) is 28.7 Å². The van der Waals surface area contributed by atoms with Crippen molar-refractivity contribution in [2.45, 2.75) is 39.5 Å². The predicted molar refractivity (Wildman–Crippen MR) is 266 cm³/mol. The predicted octanol–water partition coefficient (Wildman–Crippen LogP) is 13.3. The molecule has 0 aliphatic rings. The first kappa shape index (κ1) is 50.3. The largest absolute Gasteiger partial charge is 0.507 e. The molecule has 0 amide bonds. The van der Waals surface area contributed by atoms with Crippen molar-refractivity contribution < 1.29 is 45.9 Å². The van der Waals surface area contributed by atoms with Gasteiger partial charge in [0.2, 0.25) is 0 Å². The lowest BCUT2D eigenvalue weighted by Crippen LogP contribution is -2.09. The number of aryl methyl sites for hydroxylation is 2. The third-order valence-electron chi connectivity index (χ3n) is 10.2. The van der Waals surface area contributed by atoms with Crippen molar-refractivity contribution in [2.24, 2.45) is 0 Å². The molecule has 0 radical (unpaired) electrons. The van der Waals surface area contributed by atoms with Crippen LogP contribution in [-0.4, -0.2) is 68.1 Å². The van der Waals surface area contributed by atoms with E-state index in [-0.39, 0.29) is 19.0 Å². The van der Waals surface area contributed by atoms with Gasteiger partial charge in [-0.2, -0.15) is 8.42 Å². The van der Waals surface area contributed by atoms with E-state index in [1.165, 1.54) is 12.1 Å². The van der Waals surface area contributed by atoms with Crippen molar-refractivity contribution >= 4 is 120 Å². The lowest BCUT2D eigenvalue weighted by molar-refractivity contribution is 0.0509. The van der Waals surface area contributed by atoms with E-state index in [4.69, 9.17) is 41.6 Å². The number of esters is 2. The maximum absolute atomic E-state index is 13.5. The summed E-state index contributed by atoms with van der Waals surface area (Å²) in [6, 6.07) is 30.7. The van der Waals surface area contributed by atoms with E-state index >= 15 is 0 Å². The average Bonchev–Trinajstić information content (AvgIpc) is 3.86. The Morgan fingerprint density at radius 1 is 0.667 bits per heavy atom. The van der Waals surface area contributed by atoms with Gasteiger partial charge in [-0.15, -0.1) is 0 Å². The van der Waals surface area contributed by atoms with Gasteiger partial charge >= 0.3 is 11.9 Å². The minimum atomic E-state index is -3.48. The van der Waals surface area contributed by atoms with Crippen LogP contribution in [0.25, 0.3) is 43.4 Å². The number of nitrogens with one attached hydrogen (secondary N) is 2. The molecule has 2 heterocycles. The smallest absolute Gasteiger partial charge is 0.355 e. The summed E-state index contributed by atoms with van der Waals surface area (Å²) in [5.74, 6) is -0.0779. The van der Waals surface area contributed by atoms with Crippen LogP contribution in [0.2, 0.25) is 10.0 Å². The number of carbonyl (C=O) groups is 2. The zero-order valence-electron chi connectivity index (χ0n) is 36.0. The SMILES string of the molecule is CCOC(=O)c1[nH]c2c(Br)c(Cl)ccc2c1CCCOS(C)(=O)=O.CCOC(=O)c1[nH]c2c(Br)c(Cl)ccc2c1CCCOc1cccc2cc(F)ccc12.Oc1cccc2ccccc12. The number of aromatic nitrogens is 2. The van der Waals surface area contributed by atoms with Crippen molar-refractivity contribution in [2.75, 3.05) is 32.7 Å². The summed E-state index contributed by atoms with van der Waals surface area (Å²) in [4.78, 5) is 30.9. The molecule has 0 atom stereocenters. The Balaban J connectivity index is 0.000000181. The van der Waals surface area contributed by atoms with Crippen LogP contribution < -0.4 is 4.74 Å². The number of H-pyrrole nitrogens is 2. The molecule has 0 aliphatic heterocycles. The fourth-order valence-corrected chi connectivity index (χ4v) is 8.87. The molecule has 17 heteroatoms. The fourth-order valence-electron chi connectivity index (χ4n) is 7.24. The third kappa shape index (κ3) is 12.4. The zero-order valence-corrected chi connectivity index (χ0v) is 41.5. The molecule has 66 heavy (non-hydrogen) atoms. The number of carbonyl (C=O) groups excluding carboxylic acids is 2. The number of halogens is 5. The molecule has 346 valence electrons. The summed E-state index contributed by atoms with van der Waals surface area (Å²) in [5, 5.41) is 15.8. The Kier molecular flexibility index (Phi) is 17.5. The standard InChI is InChI=1S/C24H20BrClFNO3.C15H17BrClNO5S.C10H8O/c1-2-30-24(29)23-17(18-10-11-19(26)21(25)22(18)28-23)6-4-12-31-20-7-3-5-14-13-15(27)8-9-16(14)20;1-3-22-15(19)14-9(5-4-8-23-24(2,20)21)10-6-7-11(17)12(16)13(10)18-14;11-10-7-3-5-8-4-1-2-6-9(8)10/h3,5,7-11,13,28H,2,4,6,12H2,1H3;6-7,18H,3-5,8H2,1-2H3;1-7,11H. The third-order valence-corrected chi connectivity index (χ3v) is 13.5. The van der Waals surface area contributed by atoms with Crippen molar-refractivity contribution in [1.29, 1.82) is 0 Å². The molecule has 11 nitrogen and oxygen atoms in total. The molecule has 0 bridgehead atoms. The quantitative estimate of drug-likeness (QED) is 0.0548. The Hall–Kier alpha value is -5.16. The minimum absolute atomic E-state index is 0.0442. The second-order valence-electron chi connectivity index (χ2n) is 14.7. The van der Waals surface area contributed by atoms with Crippen molar-refractivity contribution in [3.63, 3.8) is 0 Å². The molecule has 0 aliphatic carbocycles. The number of hydrogen-bond donors (Lipinski definition) is 3. The highest BCUT2D eigenvalue weighted by molar-refractivity contribution is 9.11. The van der Waals surface area contributed by atoms with Crippen LogP contribution >= 0.6 is 55.1 Å². The highest BCUT2D eigenvalue weighted by atomic mass is 79.9. The van der Waals surface area contributed by atoms with E-state index in [1.807, 2.05) is 66.7 Å². The molecule has 2 aromatic heterocycles. The Labute approximate surface area is 407 Å². The lowest BCUT2D eigenvalue weighted by Gasteiger charge is -2.10. The molecule has 0 saturated carbocycles. The Morgan fingerprint density at radius 3 is 1.74 bits per heavy atom. The summed E-state index contributed by atoms with van der Waals surface area (Å²) in [6.45, 7) is 4.54. The fraction of sp³-hybridized carbons (Fsp3) is 0.224. The number of aromatic hydroxyl groups is 1. The first-order valence-electron chi connectivity index (χ1n) is 20.7. The van der Waals surface area contributed by atoms with E-state index < -0.39 is 22.1 Å². The van der Waals surface area contributed by atoms with Crippen LogP contribution in [0, 0.1) is 5.82 Å². The van der Waals surface area contributed by atoms with Crippen LogP contribution in [0.5, 0.6) is 11.5 Å². The second-order valence-corrected chi connectivity index (χ2v) is 18.7. The van der Waals surface area contributed by atoms with Crippen LogP contribution in [-0.2, 0) is 36.6 Å². The highest BCUT2D eigenvalue weighted by Gasteiger charge is 2.22. The molecular weight excluding hydrogens is 1040 g/mol. The first-order chi connectivity index (χ1) is 31.6. The van der Waals surface area contributed by atoms with Gasteiger partial charge < -0.3 is 29.3 Å². The summed E-state index contributed by atoms with van der Waals surface area (Å²) in [6.07, 6.45) is 3.19. The zero-order chi connectivity index (χ0) is 47.5. The maximum atomic E-state index is 13.5. The summed E-state index contributed by atoms with van der Waals surface area (Å²) in [5.41, 5.74) is 3.86. The van der Waals surface area contributed by atoms with Gasteiger partial charge in [0, 0.05) is 21.5 Å². The topological polar surface area (TPSA) is 157 Å². The van der Waals surface area contributed by atoms with Crippen LogP contribution in [0.4, 0.5) is 4.39 Å². The number of benzene rings is 6. The summed E-state index contributed by atoms with van der Waals surface area (Å²) < 4.78 is 57.9. The van der Waals surface area contributed by atoms with Gasteiger partial charge in [-0.3, -0.25) is 4.18 Å². The van der Waals surface area contributed by atoms with Crippen molar-refractivity contribution in [1.82, 2.24) is 9.97 Å². The van der Waals surface area contributed by atoms with Crippen LogP contribution in [0.15, 0.2) is 112 Å². The number of rotatable bonds is 14. The van der Waals surface area contributed by atoms with E-state index in [0.29, 0.717) is 86.3 Å². The monoisotopic (exact) mass is 1080 g/mol. The van der Waals surface area contributed by atoms with Crippen molar-refractivity contribution in [3.8, 4) is 11.5 Å². The molecule has 0 unspecified atom stereocenters. The number of aromatic amines is 2. The van der Waals surface area contributed by atoms with Crippen LogP contribution in [0.1, 0.15) is 58.8 Å². The number of ether oxygens (including phenoxy) is 3. The average molecular weight is 1090 g/mol. The highest BCUT2D eigenvalue weighted by Crippen LogP contribution is 2.36.